The van der Waals surface area contributed by atoms with Gasteiger partial charge in [-0.3, -0.25) is 10.1 Å². The lowest BCUT2D eigenvalue weighted by Crippen LogP contribution is -2.37. The van der Waals surface area contributed by atoms with E-state index in [0.29, 0.717) is 11.6 Å². The lowest BCUT2D eigenvalue weighted by molar-refractivity contribution is -0.386. The van der Waals surface area contributed by atoms with Gasteiger partial charge in [0.05, 0.1) is 33.5 Å². The number of fused-ring (bicyclic) bond motifs is 5. The van der Waals surface area contributed by atoms with Gasteiger partial charge in [0.15, 0.2) is 0 Å². The van der Waals surface area contributed by atoms with Crippen molar-refractivity contribution in [1.29, 1.82) is 0 Å². The molecule has 0 saturated heterocycles. The number of hydrogen-bond acceptors (Lipinski definition) is 5. The number of para-hydroxylation sites is 2. The lowest BCUT2D eigenvalue weighted by Gasteiger charge is -2.39. The van der Waals surface area contributed by atoms with E-state index in [1.165, 1.54) is 6.07 Å². The zero-order valence-corrected chi connectivity index (χ0v) is 15.4. The molecule has 0 bridgehead atoms. The third kappa shape index (κ3) is 2.07. The van der Waals surface area contributed by atoms with Crippen LogP contribution in [-0.4, -0.2) is 21.3 Å². The predicted molar refractivity (Wildman–Crippen MR) is 102 cm³/mol. The van der Waals surface area contributed by atoms with E-state index in [2.05, 4.69) is 6.92 Å². The average Bonchev–Trinajstić information content (AvgIpc) is 3.05. The molecule has 7 heteroatoms. The molecular weight excluding hydrogens is 358 g/mol. The molecule has 0 aliphatic carbocycles. The van der Waals surface area contributed by atoms with Crippen LogP contribution in [0.25, 0.3) is 5.69 Å². The summed E-state index contributed by atoms with van der Waals surface area (Å²) < 4.78 is 13.5. The van der Waals surface area contributed by atoms with Gasteiger partial charge in [-0.1, -0.05) is 30.3 Å². The Labute approximate surface area is 161 Å². The largest absolute Gasteiger partial charge is 0.482 e. The molecule has 140 valence electrons. The highest BCUT2D eigenvalue weighted by Gasteiger charge is 2.48. The molecule has 5 rings (SSSR count). The molecule has 0 amide bonds. The Balaban J connectivity index is 1.78. The van der Waals surface area contributed by atoms with Crippen LogP contribution < -0.4 is 9.47 Å². The molecule has 0 saturated carbocycles. The number of nitrogens with zero attached hydrogens (tertiary/aromatic N) is 3. The molecule has 28 heavy (non-hydrogen) atoms. The van der Waals surface area contributed by atoms with Crippen LogP contribution in [0.15, 0.2) is 60.4 Å². The summed E-state index contributed by atoms with van der Waals surface area (Å²) in [4.78, 5) is 11.1. The smallest absolute Gasteiger partial charge is 0.311 e. The van der Waals surface area contributed by atoms with E-state index < -0.39 is 10.3 Å². The third-order valence-electron chi connectivity index (χ3n) is 5.58. The zero-order valence-electron chi connectivity index (χ0n) is 15.4. The van der Waals surface area contributed by atoms with Gasteiger partial charge in [-0.25, -0.2) is 4.68 Å². The van der Waals surface area contributed by atoms with Crippen LogP contribution in [0, 0.1) is 17.0 Å². The number of benzene rings is 2. The van der Waals surface area contributed by atoms with Crippen molar-refractivity contribution in [2.75, 3.05) is 6.61 Å². The maximum Gasteiger partial charge on any atom is 0.311 e. The van der Waals surface area contributed by atoms with E-state index in [9.17, 15) is 10.1 Å². The summed E-state index contributed by atoms with van der Waals surface area (Å²) in [6.07, 6.45) is 1.69. The number of hydrogen-bond donors (Lipinski definition) is 0. The van der Waals surface area contributed by atoms with E-state index in [0.717, 1.165) is 28.1 Å². The van der Waals surface area contributed by atoms with Crippen LogP contribution in [0.4, 0.5) is 5.69 Å². The zero-order chi connectivity index (χ0) is 19.5. The molecule has 3 aromatic rings. The number of ether oxygens (including phenoxy) is 2. The molecule has 1 atom stereocenters. The Bertz CT molecular complexity index is 1150. The van der Waals surface area contributed by atoms with Crippen molar-refractivity contribution < 1.29 is 14.4 Å². The Morgan fingerprint density at radius 3 is 2.71 bits per heavy atom. The first kappa shape index (κ1) is 16.6. The van der Waals surface area contributed by atoms with Gasteiger partial charge in [0, 0.05) is 17.2 Å². The van der Waals surface area contributed by atoms with Crippen molar-refractivity contribution in [3.05, 3.63) is 87.3 Å². The number of aromatic nitrogens is 2. The van der Waals surface area contributed by atoms with Crippen molar-refractivity contribution in [1.82, 2.24) is 9.78 Å². The van der Waals surface area contributed by atoms with Crippen molar-refractivity contribution in [3.8, 4) is 17.3 Å². The molecule has 0 spiro atoms. The fraction of sp³-hybridized carbons (Fsp3) is 0.190. The molecule has 0 radical (unpaired) electrons. The first-order valence-electron chi connectivity index (χ1n) is 8.94. The average molecular weight is 375 g/mol. The molecule has 2 aromatic carbocycles. The minimum absolute atomic E-state index is 0.0288. The van der Waals surface area contributed by atoms with E-state index in [-0.39, 0.29) is 12.3 Å². The minimum atomic E-state index is -0.621. The SMILES string of the molecule is Cc1nn(-c2ccccc2)c2c1C1(C)C(=CO2)COc2c([N+](=O)[O-])cccc21. The summed E-state index contributed by atoms with van der Waals surface area (Å²) in [5.41, 5.74) is 3.61. The molecule has 7 nitrogen and oxygen atoms in total. The molecule has 2 aliphatic rings. The highest BCUT2D eigenvalue weighted by atomic mass is 16.6. The van der Waals surface area contributed by atoms with Crippen molar-refractivity contribution in [3.63, 3.8) is 0 Å². The Morgan fingerprint density at radius 2 is 1.96 bits per heavy atom. The van der Waals surface area contributed by atoms with Crippen LogP contribution >= 0.6 is 0 Å². The summed E-state index contributed by atoms with van der Waals surface area (Å²) in [6.45, 7) is 4.21. The van der Waals surface area contributed by atoms with Gasteiger partial charge in [-0.2, -0.15) is 5.10 Å². The Morgan fingerprint density at radius 1 is 1.18 bits per heavy atom. The molecular formula is C21H17N3O4. The van der Waals surface area contributed by atoms with E-state index in [1.807, 2.05) is 43.3 Å². The molecule has 1 aromatic heterocycles. The van der Waals surface area contributed by atoms with Crippen LogP contribution in [0.1, 0.15) is 23.7 Å². The van der Waals surface area contributed by atoms with Crippen molar-refractivity contribution in [2.24, 2.45) is 0 Å². The maximum atomic E-state index is 11.5. The summed E-state index contributed by atoms with van der Waals surface area (Å²) >= 11 is 0. The number of nitro benzene ring substituents is 1. The summed E-state index contributed by atoms with van der Waals surface area (Å²) in [7, 11) is 0. The van der Waals surface area contributed by atoms with Gasteiger partial charge in [0.1, 0.15) is 6.61 Å². The Kier molecular flexibility index (Phi) is 3.37. The third-order valence-corrected chi connectivity index (χ3v) is 5.58. The van der Waals surface area contributed by atoms with Crippen molar-refractivity contribution in [2.45, 2.75) is 19.3 Å². The Hall–Kier alpha value is -3.61. The highest BCUT2D eigenvalue weighted by Crippen LogP contribution is 2.54. The lowest BCUT2D eigenvalue weighted by atomic mass is 9.68. The first-order chi connectivity index (χ1) is 13.5. The van der Waals surface area contributed by atoms with E-state index in [1.54, 1.807) is 17.0 Å². The fourth-order valence-electron chi connectivity index (χ4n) is 4.19. The van der Waals surface area contributed by atoms with Crippen LogP contribution in [0.3, 0.4) is 0 Å². The maximum absolute atomic E-state index is 11.5. The fourth-order valence-corrected chi connectivity index (χ4v) is 4.19. The standard InChI is InChI=1S/C21H17N3O4/c1-13-18-20(23(22-13)15-7-4-3-5-8-15)28-12-14-11-27-19-16(21(14,18)2)9-6-10-17(19)24(25)26/h3-10,12H,11H2,1-2H3. The second kappa shape index (κ2) is 5.69. The number of nitro groups is 1. The van der Waals surface area contributed by atoms with Gasteiger partial charge in [0.25, 0.3) is 0 Å². The van der Waals surface area contributed by atoms with E-state index >= 15 is 0 Å². The van der Waals surface area contributed by atoms with Gasteiger partial charge in [0.2, 0.25) is 11.6 Å². The molecule has 3 heterocycles. The summed E-state index contributed by atoms with van der Waals surface area (Å²) in [5.74, 6) is 0.932. The molecule has 0 N–H and O–H groups in total. The molecule has 0 fully saturated rings. The quantitative estimate of drug-likeness (QED) is 0.498. The van der Waals surface area contributed by atoms with Crippen LogP contribution in [0.2, 0.25) is 0 Å². The minimum Gasteiger partial charge on any atom is -0.482 e. The first-order valence-corrected chi connectivity index (χ1v) is 8.94. The second-order valence-corrected chi connectivity index (χ2v) is 7.10. The van der Waals surface area contributed by atoms with Crippen LogP contribution in [-0.2, 0) is 5.41 Å². The molecule has 1 unspecified atom stereocenters. The number of aryl methyl sites for hydroxylation is 1. The van der Waals surface area contributed by atoms with Gasteiger partial charge < -0.3 is 9.47 Å². The topological polar surface area (TPSA) is 79.4 Å². The second-order valence-electron chi connectivity index (χ2n) is 7.10. The summed E-state index contributed by atoms with van der Waals surface area (Å²) in [6, 6.07) is 14.8. The van der Waals surface area contributed by atoms with Gasteiger partial charge >= 0.3 is 5.69 Å². The summed E-state index contributed by atoms with van der Waals surface area (Å²) in [5, 5.41) is 16.2. The predicted octanol–water partition coefficient (Wildman–Crippen LogP) is 4.06. The monoisotopic (exact) mass is 375 g/mol. The normalized spacial score (nSPS) is 19.4. The number of rotatable bonds is 2. The highest BCUT2D eigenvalue weighted by molar-refractivity contribution is 5.66. The van der Waals surface area contributed by atoms with Gasteiger partial charge in [-0.05, 0) is 26.0 Å². The van der Waals surface area contributed by atoms with Crippen LogP contribution in [0.5, 0.6) is 11.6 Å². The van der Waals surface area contributed by atoms with Gasteiger partial charge in [-0.15, -0.1) is 0 Å². The van der Waals surface area contributed by atoms with Crippen molar-refractivity contribution >= 4 is 5.69 Å². The molecule has 2 aliphatic heterocycles. The van der Waals surface area contributed by atoms with E-state index in [4.69, 9.17) is 14.6 Å².